The van der Waals surface area contributed by atoms with Crippen molar-refractivity contribution in [2.45, 2.75) is 65.9 Å². The average molecular weight is 497 g/mol. The fraction of sp³-hybridized carbons (Fsp3) is 0.448. The Kier molecular flexibility index (Phi) is 9.53. The monoisotopic (exact) mass is 496 g/mol. The third-order valence-corrected chi connectivity index (χ3v) is 6.19. The zero-order valence-corrected chi connectivity index (χ0v) is 21.9. The minimum atomic E-state index is -0.706. The number of benzene rings is 2. The second-order valence-electron chi connectivity index (χ2n) is 10.4. The van der Waals surface area contributed by atoms with Crippen LogP contribution >= 0.6 is 11.6 Å². The number of ether oxygens (including phenoxy) is 1. The number of aromatic nitrogens is 2. The SMILES string of the molecule is CCCOc1ccc(C(O)C[C@@H](CC=O)Cc2ccc(-c3c[nH]c(CC(C)(C)C)n3)cc2)cc1Cl. The maximum absolute atomic E-state index is 11.3. The first kappa shape index (κ1) is 27.0. The summed E-state index contributed by atoms with van der Waals surface area (Å²) in [5.74, 6) is 1.63. The van der Waals surface area contributed by atoms with E-state index in [4.69, 9.17) is 21.3 Å². The van der Waals surface area contributed by atoms with E-state index in [0.717, 1.165) is 47.3 Å². The molecule has 0 bridgehead atoms. The summed E-state index contributed by atoms with van der Waals surface area (Å²) in [5, 5.41) is 11.3. The fourth-order valence-corrected chi connectivity index (χ4v) is 4.40. The van der Waals surface area contributed by atoms with E-state index in [0.29, 0.717) is 36.6 Å². The third kappa shape index (κ3) is 8.22. The second kappa shape index (κ2) is 12.4. The first-order chi connectivity index (χ1) is 16.7. The summed E-state index contributed by atoms with van der Waals surface area (Å²) in [7, 11) is 0. The standard InChI is InChI=1S/C29H37ClN2O3/c1-5-14-35-27-11-10-23(17-24(27)30)26(34)16-21(12-13-33)15-20-6-8-22(9-7-20)25-19-31-28(32-25)18-29(2,3)4/h6-11,13,17,19,21,26,34H,5,12,14-16,18H2,1-4H3,(H,31,32)/t21-,26?/m0/s1. The molecule has 0 spiro atoms. The van der Waals surface area contributed by atoms with E-state index in [1.54, 1.807) is 12.1 Å². The van der Waals surface area contributed by atoms with E-state index in [9.17, 15) is 9.90 Å². The summed E-state index contributed by atoms with van der Waals surface area (Å²) in [6, 6.07) is 13.7. The molecule has 2 aromatic carbocycles. The molecule has 0 aliphatic carbocycles. The lowest BCUT2D eigenvalue weighted by Crippen LogP contribution is -2.11. The number of carbonyl (C=O) groups is 1. The van der Waals surface area contributed by atoms with Crippen molar-refractivity contribution in [3.63, 3.8) is 0 Å². The summed E-state index contributed by atoms with van der Waals surface area (Å²) in [6.07, 6.45) is 5.53. The zero-order valence-electron chi connectivity index (χ0n) is 21.2. The van der Waals surface area contributed by atoms with Gasteiger partial charge in [-0.05, 0) is 53.9 Å². The number of aliphatic hydroxyl groups excluding tert-OH is 1. The van der Waals surface area contributed by atoms with Gasteiger partial charge < -0.3 is 19.6 Å². The van der Waals surface area contributed by atoms with Crippen molar-refractivity contribution in [1.82, 2.24) is 9.97 Å². The minimum Gasteiger partial charge on any atom is -0.492 e. The molecular formula is C29H37ClN2O3. The Labute approximate surface area is 213 Å². The topological polar surface area (TPSA) is 75.2 Å². The van der Waals surface area contributed by atoms with Crippen LogP contribution in [0.3, 0.4) is 0 Å². The van der Waals surface area contributed by atoms with Gasteiger partial charge in [0.15, 0.2) is 0 Å². The number of imidazole rings is 1. The smallest absolute Gasteiger partial charge is 0.137 e. The number of hydrogen-bond acceptors (Lipinski definition) is 4. The van der Waals surface area contributed by atoms with Gasteiger partial charge in [0.1, 0.15) is 17.9 Å². The molecule has 0 radical (unpaired) electrons. The molecule has 0 fully saturated rings. The molecule has 1 unspecified atom stereocenters. The number of aromatic amines is 1. The van der Waals surface area contributed by atoms with Gasteiger partial charge in [-0.2, -0.15) is 0 Å². The number of H-pyrrole nitrogens is 1. The number of aldehydes is 1. The molecule has 6 heteroatoms. The molecular weight excluding hydrogens is 460 g/mol. The van der Waals surface area contributed by atoms with Crippen LogP contribution in [0.5, 0.6) is 5.75 Å². The van der Waals surface area contributed by atoms with Crippen molar-refractivity contribution < 1.29 is 14.6 Å². The van der Waals surface area contributed by atoms with Gasteiger partial charge in [0.05, 0.1) is 23.4 Å². The molecule has 5 nitrogen and oxygen atoms in total. The van der Waals surface area contributed by atoms with E-state index >= 15 is 0 Å². The molecule has 35 heavy (non-hydrogen) atoms. The Balaban J connectivity index is 1.64. The molecule has 0 saturated heterocycles. The van der Waals surface area contributed by atoms with E-state index < -0.39 is 6.10 Å². The number of rotatable bonds is 12. The normalized spacial score (nSPS) is 13.4. The van der Waals surface area contributed by atoms with Gasteiger partial charge in [-0.15, -0.1) is 0 Å². The van der Waals surface area contributed by atoms with Gasteiger partial charge in [0.2, 0.25) is 0 Å². The molecule has 0 aliphatic rings. The lowest BCUT2D eigenvalue weighted by Gasteiger charge is -2.20. The molecule has 0 aliphatic heterocycles. The largest absolute Gasteiger partial charge is 0.492 e. The molecule has 188 valence electrons. The Bertz CT molecular complexity index is 1090. The summed E-state index contributed by atoms with van der Waals surface area (Å²) in [4.78, 5) is 19.3. The summed E-state index contributed by atoms with van der Waals surface area (Å²) >= 11 is 6.34. The average Bonchev–Trinajstić information content (AvgIpc) is 3.25. The fourth-order valence-electron chi connectivity index (χ4n) is 4.15. The van der Waals surface area contributed by atoms with Crippen molar-refractivity contribution in [1.29, 1.82) is 0 Å². The van der Waals surface area contributed by atoms with E-state index in [-0.39, 0.29) is 11.3 Å². The first-order valence-corrected chi connectivity index (χ1v) is 12.7. The highest BCUT2D eigenvalue weighted by molar-refractivity contribution is 6.32. The maximum Gasteiger partial charge on any atom is 0.137 e. The number of halogens is 1. The van der Waals surface area contributed by atoms with Crippen molar-refractivity contribution in [3.8, 4) is 17.0 Å². The Hall–Kier alpha value is -2.63. The van der Waals surface area contributed by atoms with Crippen LogP contribution < -0.4 is 4.74 Å². The van der Waals surface area contributed by atoms with Crippen molar-refractivity contribution in [2.24, 2.45) is 11.3 Å². The molecule has 2 atom stereocenters. The number of carbonyl (C=O) groups excluding carboxylic acids is 1. The maximum atomic E-state index is 11.3. The van der Waals surface area contributed by atoms with E-state index in [1.165, 1.54) is 0 Å². The number of hydrogen-bond donors (Lipinski definition) is 2. The second-order valence-corrected chi connectivity index (χ2v) is 10.8. The van der Waals surface area contributed by atoms with Crippen LogP contribution in [-0.2, 0) is 17.6 Å². The Morgan fingerprint density at radius 2 is 1.91 bits per heavy atom. The zero-order chi connectivity index (χ0) is 25.4. The highest BCUT2D eigenvalue weighted by Gasteiger charge is 2.19. The molecule has 1 aromatic heterocycles. The predicted octanol–water partition coefficient (Wildman–Crippen LogP) is 6.98. The highest BCUT2D eigenvalue weighted by Crippen LogP contribution is 2.32. The first-order valence-electron chi connectivity index (χ1n) is 12.4. The molecule has 3 rings (SSSR count). The van der Waals surface area contributed by atoms with Crippen molar-refractivity contribution in [3.05, 3.63) is 70.6 Å². The molecule has 0 saturated carbocycles. The van der Waals surface area contributed by atoms with Crippen LogP contribution in [0.1, 0.15) is 70.0 Å². The van der Waals surface area contributed by atoms with Gasteiger partial charge in [-0.1, -0.05) is 69.6 Å². The van der Waals surface area contributed by atoms with Crippen LogP contribution in [0.4, 0.5) is 0 Å². The lowest BCUT2D eigenvalue weighted by molar-refractivity contribution is -0.108. The van der Waals surface area contributed by atoms with E-state index in [1.807, 2.05) is 19.2 Å². The lowest BCUT2D eigenvalue weighted by atomic mass is 9.89. The number of aliphatic hydroxyl groups is 1. The van der Waals surface area contributed by atoms with Crippen LogP contribution in [0.15, 0.2) is 48.7 Å². The van der Waals surface area contributed by atoms with Gasteiger partial charge in [-0.25, -0.2) is 4.98 Å². The summed E-state index contributed by atoms with van der Waals surface area (Å²) in [5.41, 5.74) is 4.01. The van der Waals surface area contributed by atoms with Gasteiger partial charge in [0.25, 0.3) is 0 Å². The van der Waals surface area contributed by atoms with Crippen LogP contribution in [0.25, 0.3) is 11.3 Å². The Morgan fingerprint density at radius 3 is 2.54 bits per heavy atom. The van der Waals surface area contributed by atoms with Gasteiger partial charge >= 0.3 is 0 Å². The van der Waals surface area contributed by atoms with Gasteiger partial charge in [0, 0.05) is 24.6 Å². The minimum absolute atomic E-state index is 0.0203. The molecule has 0 amide bonds. The predicted molar refractivity (Wildman–Crippen MR) is 142 cm³/mol. The number of nitrogens with one attached hydrogen (secondary N) is 1. The quantitative estimate of drug-likeness (QED) is 0.265. The molecule has 1 heterocycles. The van der Waals surface area contributed by atoms with Gasteiger partial charge in [-0.3, -0.25) is 0 Å². The van der Waals surface area contributed by atoms with Crippen LogP contribution in [0.2, 0.25) is 5.02 Å². The molecule has 3 aromatic rings. The van der Waals surface area contributed by atoms with Crippen molar-refractivity contribution in [2.75, 3.05) is 6.61 Å². The summed E-state index contributed by atoms with van der Waals surface area (Å²) < 4.78 is 5.62. The highest BCUT2D eigenvalue weighted by atomic mass is 35.5. The molecule has 2 N–H and O–H groups in total. The van der Waals surface area contributed by atoms with Crippen LogP contribution in [0, 0.1) is 11.3 Å². The van der Waals surface area contributed by atoms with Crippen molar-refractivity contribution >= 4 is 17.9 Å². The van der Waals surface area contributed by atoms with E-state index in [2.05, 4.69) is 50.0 Å². The Morgan fingerprint density at radius 1 is 1.17 bits per heavy atom. The summed E-state index contributed by atoms with van der Waals surface area (Å²) in [6.45, 7) is 9.22. The van der Waals surface area contributed by atoms with Crippen LogP contribution in [-0.4, -0.2) is 28.0 Å². The number of nitrogens with zero attached hydrogens (tertiary/aromatic N) is 1. The third-order valence-electron chi connectivity index (χ3n) is 5.89.